The van der Waals surface area contributed by atoms with Gasteiger partial charge in [-0.05, 0) is 50.8 Å². The molecule has 4 nitrogen and oxygen atoms in total. The highest BCUT2D eigenvalue weighted by Crippen LogP contribution is 2.33. The van der Waals surface area contributed by atoms with Gasteiger partial charge in [0.25, 0.3) is 0 Å². The topological polar surface area (TPSA) is 58.4 Å². The van der Waals surface area contributed by atoms with Gasteiger partial charge in [0, 0.05) is 24.7 Å². The molecule has 1 aromatic carbocycles. The summed E-state index contributed by atoms with van der Waals surface area (Å²) in [5.74, 6) is 0.0772. The Morgan fingerprint density at radius 3 is 2.95 bits per heavy atom. The van der Waals surface area contributed by atoms with Crippen molar-refractivity contribution >= 4 is 23.0 Å². The summed E-state index contributed by atoms with van der Waals surface area (Å²) in [5, 5.41) is 3.04. The Bertz CT molecular complexity index is 487. The van der Waals surface area contributed by atoms with Crippen LogP contribution in [0.2, 0.25) is 0 Å². The Morgan fingerprint density at radius 1 is 1.43 bits per heavy atom. The quantitative estimate of drug-likeness (QED) is 0.811. The van der Waals surface area contributed by atoms with Crippen LogP contribution in [-0.4, -0.2) is 18.5 Å². The van der Waals surface area contributed by atoms with Crippen molar-refractivity contribution in [2.24, 2.45) is 0 Å². The Kier molecular flexibility index (Phi) is 5.48. The molecule has 1 heterocycles. The summed E-state index contributed by atoms with van der Waals surface area (Å²) >= 11 is 0. The zero-order valence-electron chi connectivity index (χ0n) is 13.2. The van der Waals surface area contributed by atoms with Crippen LogP contribution in [0.5, 0.6) is 0 Å². The van der Waals surface area contributed by atoms with Crippen molar-refractivity contribution in [2.75, 3.05) is 22.5 Å². The monoisotopic (exact) mass is 289 g/mol. The second kappa shape index (κ2) is 7.34. The van der Waals surface area contributed by atoms with Crippen molar-refractivity contribution in [1.29, 1.82) is 0 Å². The van der Waals surface area contributed by atoms with E-state index in [-0.39, 0.29) is 5.91 Å². The Morgan fingerprint density at radius 2 is 2.24 bits per heavy atom. The third-order valence-electron chi connectivity index (χ3n) is 4.16. The van der Waals surface area contributed by atoms with Crippen molar-refractivity contribution in [3.63, 3.8) is 0 Å². The highest BCUT2D eigenvalue weighted by molar-refractivity contribution is 5.95. The highest BCUT2D eigenvalue weighted by atomic mass is 16.1. The molecule has 0 spiro atoms. The van der Waals surface area contributed by atoms with Gasteiger partial charge in [-0.1, -0.05) is 13.3 Å². The minimum Gasteiger partial charge on any atom is -0.399 e. The minimum absolute atomic E-state index is 0.0772. The van der Waals surface area contributed by atoms with Gasteiger partial charge in [0.05, 0.1) is 11.4 Å². The number of rotatable bonds is 5. The van der Waals surface area contributed by atoms with Gasteiger partial charge in [0.1, 0.15) is 0 Å². The minimum atomic E-state index is 0.0772. The maximum Gasteiger partial charge on any atom is 0.224 e. The number of piperidine rings is 1. The zero-order chi connectivity index (χ0) is 15.2. The van der Waals surface area contributed by atoms with E-state index < -0.39 is 0 Å². The fourth-order valence-electron chi connectivity index (χ4n) is 2.91. The molecule has 1 aliphatic rings. The zero-order valence-corrected chi connectivity index (χ0v) is 13.2. The lowest BCUT2D eigenvalue weighted by atomic mass is 10.0. The van der Waals surface area contributed by atoms with Gasteiger partial charge in [0.2, 0.25) is 5.91 Å². The number of hydrogen-bond acceptors (Lipinski definition) is 3. The Balaban J connectivity index is 2.18. The molecule has 1 aliphatic heterocycles. The average molecular weight is 289 g/mol. The van der Waals surface area contributed by atoms with Crippen LogP contribution in [-0.2, 0) is 4.79 Å². The lowest BCUT2D eigenvalue weighted by Crippen LogP contribution is -2.38. The molecule has 1 amide bonds. The molecule has 1 saturated heterocycles. The van der Waals surface area contributed by atoms with Crippen LogP contribution in [0.25, 0.3) is 0 Å². The molecule has 1 atom stereocenters. The van der Waals surface area contributed by atoms with Crippen LogP contribution >= 0.6 is 0 Å². The molecule has 1 fully saturated rings. The van der Waals surface area contributed by atoms with E-state index in [4.69, 9.17) is 5.73 Å². The van der Waals surface area contributed by atoms with E-state index in [9.17, 15) is 4.79 Å². The summed E-state index contributed by atoms with van der Waals surface area (Å²) < 4.78 is 0. The highest BCUT2D eigenvalue weighted by Gasteiger charge is 2.21. The van der Waals surface area contributed by atoms with Crippen LogP contribution in [0.1, 0.15) is 52.4 Å². The second-order valence-electron chi connectivity index (χ2n) is 5.97. The smallest absolute Gasteiger partial charge is 0.224 e. The first-order chi connectivity index (χ1) is 10.1. The second-order valence-corrected chi connectivity index (χ2v) is 5.97. The van der Waals surface area contributed by atoms with Crippen LogP contribution < -0.4 is 16.0 Å². The first kappa shape index (κ1) is 15.7. The third-order valence-corrected chi connectivity index (χ3v) is 4.16. The lowest BCUT2D eigenvalue weighted by molar-refractivity contribution is -0.116. The Hall–Kier alpha value is -1.71. The molecule has 0 bridgehead atoms. The number of amides is 1. The molecule has 0 radical (unpaired) electrons. The molecule has 1 unspecified atom stereocenters. The fraction of sp³-hybridized carbons (Fsp3) is 0.588. The maximum absolute atomic E-state index is 12.0. The largest absolute Gasteiger partial charge is 0.399 e. The van der Waals surface area contributed by atoms with Crippen LogP contribution in [0.4, 0.5) is 17.1 Å². The molecule has 0 saturated carbocycles. The SMILES string of the molecule is CCCCC(=O)Nc1cc(N)ccc1N1CCCCC1C. The molecule has 4 heteroatoms. The number of hydrogen-bond donors (Lipinski definition) is 2. The van der Waals surface area contributed by atoms with Gasteiger partial charge in [0.15, 0.2) is 0 Å². The third kappa shape index (κ3) is 4.13. The van der Waals surface area contributed by atoms with Crippen molar-refractivity contribution in [2.45, 2.75) is 58.4 Å². The van der Waals surface area contributed by atoms with E-state index >= 15 is 0 Å². The van der Waals surface area contributed by atoms with Crippen molar-refractivity contribution in [3.8, 4) is 0 Å². The molecule has 116 valence electrons. The van der Waals surface area contributed by atoms with E-state index in [1.165, 1.54) is 19.3 Å². The number of nitrogen functional groups attached to an aromatic ring is 1. The predicted molar refractivity (Wildman–Crippen MR) is 89.7 cm³/mol. The van der Waals surface area contributed by atoms with Gasteiger partial charge in [-0.3, -0.25) is 4.79 Å². The number of carbonyl (C=O) groups excluding carboxylic acids is 1. The molecule has 0 aliphatic carbocycles. The number of nitrogens with two attached hydrogens (primary N) is 1. The molecule has 21 heavy (non-hydrogen) atoms. The summed E-state index contributed by atoms with van der Waals surface area (Å²) in [6, 6.07) is 6.33. The molecule has 0 aromatic heterocycles. The van der Waals surface area contributed by atoms with Gasteiger partial charge < -0.3 is 16.0 Å². The molecule has 3 N–H and O–H groups in total. The first-order valence-electron chi connectivity index (χ1n) is 8.08. The van der Waals surface area contributed by atoms with E-state index in [0.717, 1.165) is 30.8 Å². The van der Waals surface area contributed by atoms with E-state index in [1.54, 1.807) is 0 Å². The summed E-state index contributed by atoms with van der Waals surface area (Å²) in [7, 11) is 0. The van der Waals surface area contributed by atoms with Crippen LogP contribution in [0, 0.1) is 0 Å². The van der Waals surface area contributed by atoms with E-state index in [0.29, 0.717) is 18.2 Å². The van der Waals surface area contributed by atoms with E-state index in [1.807, 2.05) is 18.2 Å². The lowest BCUT2D eigenvalue weighted by Gasteiger charge is -2.36. The van der Waals surface area contributed by atoms with Crippen LogP contribution in [0.15, 0.2) is 18.2 Å². The van der Waals surface area contributed by atoms with Gasteiger partial charge >= 0.3 is 0 Å². The maximum atomic E-state index is 12.0. The molecule has 1 aromatic rings. The summed E-state index contributed by atoms with van der Waals surface area (Å²) in [5.41, 5.74) is 8.54. The van der Waals surface area contributed by atoms with Crippen molar-refractivity contribution < 1.29 is 4.79 Å². The Labute approximate surface area is 127 Å². The summed E-state index contributed by atoms with van der Waals surface area (Å²) in [4.78, 5) is 14.4. The number of anilines is 3. The number of unbranched alkanes of at least 4 members (excludes halogenated alkanes) is 1. The molecular weight excluding hydrogens is 262 g/mol. The normalized spacial score (nSPS) is 18.6. The summed E-state index contributed by atoms with van der Waals surface area (Å²) in [6.07, 6.45) is 6.21. The van der Waals surface area contributed by atoms with Gasteiger partial charge in [-0.2, -0.15) is 0 Å². The van der Waals surface area contributed by atoms with Crippen molar-refractivity contribution in [1.82, 2.24) is 0 Å². The first-order valence-corrected chi connectivity index (χ1v) is 8.08. The fourth-order valence-corrected chi connectivity index (χ4v) is 2.91. The predicted octanol–water partition coefficient (Wildman–Crippen LogP) is 3.78. The number of carbonyl (C=O) groups is 1. The van der Waals surface area contributed by atoms with Gasteiger partial charge in [-0.15, -0.1) is 0 Å². The molecule has 2 rings (SSSR count). The summed E-state index contributed by atoms with van der Waals surface area (Å²) in [6.45, 7) is 5.38. The number of nitrogens with one attached hydrogen (secondary N) is 1. The van der Waals surface area contributed by atoms with Crippen molar-refractivity contribution in [3.05, 3.63) is 18.2 Å². The molecular formula is C17H27N3O. The average Bonchev–Trinajstić information content (AvgIpc) is 2.46. The van der Waals surface area contributed by atoms with Gasteiger partial charge in [-0.25, -0.2) is 0 Å². The number of nitrogens with zero attached hydrogens (tertiary/aromatic N) is 1. The standard InChI is InChI=1S/C17H27N3O/c1-3-4-8-17(21)19-15-12-14(18)9-10-16(15)20-11-6-5-7-13(20)2/h9-10,12-13H,3-8,11,18H2,1-2H3,(H,19,21). The van der Waals surface area contributed by atoms with E-state index in [2.05, 4.69) is 24.1 Å². The number of benzene rings is 1. The van der Waals surface area contributed by atoms with Crippen LogP contribution in [0.3, 0.4) is 0 Å².